The number of ether oxygens (including phenoxy) is 2. The highest BCUT2D eigenvalue weighted by Crippen LogP contribution is 2.31. The minimum atomic E-state index is 0.470. The minimum absolute atomic E-state index is 0.470. The maximum absolute atomic E-state index is 5.57. The molecule has 0 radical (unpaired) electrons. The summed E-state index contributed by atoms with van der Waals surface area (Å²) in [6.45, 7) is 1.95. The maximum Gasteiger partial charge on any atom is 0.227 e. The number of benzene rings is 2. The van der Waals surface area contributed by atoms with Crippen LogP contribution < -0.4 is 14.8 Å². The van der Waals surface area contributed by atoms with Crippen molar-refractivity contribution in [2.75, 3.05) is 19.5 Å². The Labute approximate surface area is 169 Å². The number of anilines is 2. The number of aromatic nitrogens is 4. The highest BCUT2D eigenvalue weighted by molar-refractivity contribution is 5.68. The van der Waals surface area contributed by atoms with Gasteiger partial charge < -0.3 is 19.4 Å². The maximum atomic E-state index is 5.57. The molecule has 0 saturated heterocycles. The molecule has 2 aromatic heterocycles. The molecule has 7 heteroatoms. The van der Waals surface area contributed by atoms with Crippen LogP contribution in [0.1, 0.15) is 5.69 Å². The van der Waals surface area contributed by atoms with Crippen molar-refractivity contribution < 1.29 is 9.47 Å². The van der Waals surface area contributed by atoms with E-state index in [9.17, 15) is 0 Å². The Morgan fingerprint density at radius 3 is 2.41 bits per heavy atom. The normalized spacial score (nSPS) is 10.6. The fourth-order valence-electron chi connectivity index (χ4n) is 3.03. The Kier molecular flexibility index (Phi) is 5.11. The molecule has 0 fully saturated rings. The number of rotatable bonds is 6. The summed E-state index contributed by atoms with van der Waals surface area (Å²) in [6.07, 6.45) is 5.38. The van der Waals surface area contributed by atoms with E-state index >= 15 is 0 Å². The first-order valence-corrected chi connectivity index (χ1v) is 9.10. The zero-order chi connectivity index (χ0) is 20.2. The second-order valence-corrected chi connectivity index (χ2v) is 6.41. The molecule has 0 atom stereocenters. The van der Waals surface area contributed by atoms with Crippen molar-refractivity contribution in [2.24, 2.45) is 0 Å². The largest absolute Gasteiger partial charge is 0.494 e. The molecule has 146 valence electrons. The smallest absolute Gasteiger partial charge is 0.227 e. The van der Waals surface area contributed by atoms with Gasteiger partial charge in [-0.15, -0.1) is 0 Å². The van der Waals surface area contributed by atoms with Gasteiger partial charge in [0, 0.05) is 23.5 Å². The van der Waals surface area contributed by atoms with Crippen LogP contribution in [0.2, 0.25) is 0 Å². The summed E-state index contributed by atoms with van der Waals surface area (Å²) in [4.78, 5) is 13.3. The lowest BCUT2D eigenvalue weighted by molar-refractivity contribution is 0.412. The van der Waals surface area contributed by atoms with Crippen molar-refractivity contribution in [2.45, 2.75) is 6.92 Å². The van der Waals surface area contributed by atoms with Crippen molar-refractivity contribution in [1.29, 1.82) is 0 Å². The molecule has 0 aliphatic carbocycles. The summed E-state index contributed by atoms with van der Waals surface area (Å²) in [6, 6.07) is 15.7. The summed E-state index contributed by atoms with van der Waals surface area (Å²) in [5.41, 5.74) is 4.33. The van der Waals surface area contributed by atoms with Crippen LogP contribution >= 0.6 is 0 Å². The zero-order valence-corrected chi connectivity index (χ0v) is 16.5. The Hall–Kier alpha value is -3.87. The average molecular weight is 387 g/mol. The lowest BCUT2D eigenvalue weighted by Crippen LogP contribution is -2.02. The fraction of sp³-hybridized carbons (Fsp3) is 0.136. The number of hydrogen-bond donors (Lipinski definition) is 1. The van der Waals surface area contributed by atoms with Crippen molar-refractivity contribution in [1.82, 2.24) is 19.5 Å². The topological polar surface area (TPSA) is 74.1 Å². The van der Waals surface area contributed by atoms with Crippen molar-refractivity contribution in [3.05, 3.63) is 72.9 Å². The van der Waals surface area contributed by atoms with Gasteiger partial charge in [-0.2, -0.15) is 0 Å². The van der Waals surface area contributed by atoms with Gasteiger partial charge in [0.15, 0.2) is 5.75 Å². The van der Waals surface area contributed by atoms with Crippen molar-refractivity contribution in [3.63, 3.8) is 0 Å². The number of imidazole rings is 1. The third-order valence-electron chi connectivity index (χ3n) is 4.45. The third-order valence-corrected chi connectivity index (χ3v) is 4.45. The fourth-order valence-corrected chi connectivity index (χ4v) is 3.03. The second kappa shape index (κ2) is 8.02. The van der Waals surface area contributed by atoms with E-state index in [0.29, 0.717) is 17.4 Å². The lowest BCUT2D eigenvalue weighted by Gasteiger charge is -2.13. The van der Waals surface area contributed by atoms with Gasteiger partial charge in [-0.1, -0.05) is 30.3 Å². The van der Waals surface area contributed by atoms with Gasteiger partial charge in [0.05, 0.1) is 38.1 Å². The van der Waals surface area contributed by atoms with E-state index < -0.39 is 0 Å². The van der Waals surface area contributed by atoms with Gasteiger partial charge in [0.2, 0.25) is 5.95 Å². The molecule has 4 aromatic rings. The third kappa shape index (κ3) is 3.89. The predicted octanol–water partition coefficient (Wildman–Crippen LogP) is 4.40. The molecule has 7 nitrogen and oxygen atoms in total. The quantitative estimate of drug-likeness (QED) is 0.529. The number of hydrogen-bond acceptors (Lipinski definition) is 6. The van der Waals surface area contributed by atoms with E-state index in [2.05, 4.69) is 20.3 Å². The van der Waals surface area contributed by atoms with Crippen LogP contribution in [0.3, 0.4) is 0 Å². The molecule has 1 N–H and O–H groups in total. The van der Waals surface area contributed by atoms with Crippen LogP contribution in [0.25, 0.3) is 16.9 Å². The molecular formula is C22H21N5O2. The van der Waals surface area contributed by atoms with Gasteiger partial charge in [-0.25, -0.2) is 15.0 Å². The summed E-state index contributed by atoms with van der Waals surface area (Å²) < 4.78 is 12.9. The summed E-state index contributed by atoms with van der Waals surface area (Å²) in [5.74, 6) is 1.80. The average Bonchev–Trinajstić information content (AvgIpc) is 3.20. The first kappa shape index (κ1) is 18.5. The zero-order valence-electron chi connectivity index (χ0n) is 16.5. The molecule has 0 aliphatic heterocycles. The number of aryl methyl sites for hydroxylation is 1. The molecule has 2 aromatic carbocycles. The molecule has 0 saturated carbocycles. The van der Waals surface area contributed by atoms with Crippen LogP contribution in [0.15, 0.2) is 67.3 Å². The molecule has 29 heavy (non-hydrogen) atoms. The Bertz CT molecular complexity index is 1130. The van der Waals surface area contributed by atoms with Gasteiger partial charge >= 0.3 is 0 Å². The van der Waals surface area contributed by atoms with Gasteiger partial charge in [0.1, 0.15) is 11.4 Å². The summed E-state index contributed by atoms with van der Waals surface area (Å²) >= 11 is 0. The van der Waals surface area contributed by atoms with Gasteiger partial charge in [-0.3, -0.25) is 0 Å². The highest BCUT2D eigenvalue weighted by Gasteiger charge is 2.12. The number of nitrogens with one attached hydrogen (secondary N) is 1. The van der Waals surface area contributed by atoms with Crippen LogP contribution in [-0.2, 0) is 0 Å². The molecule has 0 bridgehead atoms. The molecule has 2 heterocycles. The summed E-state index contributed by atoms with van der Waals surface area (Å²) in [7, 11) is 3.25. The molecule has 4 rings (SSSR count). The monoisotopic (exact) mass is 387 g/mol. The Morgan fingerprint density at radius 2 is 1.72 bits per heavy atom. The van der Waals surface area contributed by atoms with E-state index in [1.54, 1.807) is 26.7 Å². The van der Waals surface area contributed by atoms with E-state index in [4.69, 9.17) is 9.47 Å². The molecule has 0 aliphatic rings. The molecular weight excluding hydrogens is 366 g/mol. The summed E-state index contributed by atoms with van der Waals surface area (Å²) in [5, 5.41) is 3.24. The highest BCUT2D eigenvalue weighted by atomic mass is 16.5. The van der Waals surface area contributed by atoms with Crippen molar-refractivity contribution >= 4 is 11.6 Å². The van der Waals surface area contributed by atoms with E-state index in [1.807, 2.05) is 66.2 Å². The molecule has 0 unspecified atom stereocenters. The van der Waals surface area contributed by atoms with Crippen LogP contribution in [0, 0.1) is 6.92 Å². The Morgan fingerprint density at radius 1 is 0.931 bits per heavy atom. The SMILES string of the molecule is COc1cc(Nc2ncc(OC)c(-c3ccccc3)n2)ccc1-n1cnc(C)c1. The Balaban J connectivity index is 1.66. The van der Waals surface area contributed by atoms with Crippen molar-refractivity contribution in [3.8, 4) is 28.4 Å². The van der Waals surface area contributed by atoms with Crippen LogP contribution in [0.4, 0.5) is 11.6 Å². The number of nitrogens with zero attached hydrogens (tertiary/aromatic N) is 4. The van der Waals surface area contributed by atoms with Gasteiger partial charge in [0.25, 0.3) is 0 Å². The predicted molar refractivity (Wildman–Crippen MR) is 112 cm³/mol. The van der Waals surface area contributed by atoms with E-state index in [-0.39, 0.29) is 0 Å². The minimum Gasteiger partial charge on any atom is -0.494 e. The first-order valence-electron chi connectivity index (χ1n) is 9.10. The molecule has 0 amide bonds. The first-order chi connectivity index (χ1) is 14.2. The van der Waals surface area contributed by atoms with Crippen LogP contribution in [0.5, 0.6) is 11.5 Å². The van der Waals surface area contributed by atoms with Gasteiger partial charge in [-0.05, 0) is 19.1 Å². The number of methoxy groups -OCH3 is 2. The lowest BCUT2D eigenvalue weighted by atomic mass is 10.1. The van der Waals surface area contributed by atoms with E-state index in [0.717, 1.165) is 28.3 Å². The van der Waals surface area contributed by atoms with E-state index in [1.165, 1.54) is 0 Å². The van der Waals surface area contributed by atoms with Crippen LogP contribution in [-0.4, -0.2) is 33.7 Å². The standard InChI is InChI=1S/C22H21N5O2/c1-15-13-27(14-24-15)18-10-9-17(11-19(18)28-2)25-22-23-12-20(29-3)21(26-22)16-7-5-4-6-8-16/h4-14H,1-3H3,(H,23,25,26). The second-order valence-electron chi connectivity index (χ2n) is 6.41. The molecule has 0 spiro atoms.